The molecular formula is C19H20N4O. The minimum absolute atomic E-state index is 0.221. The highest BCUT2D eigenvalue weighted by Crippen LogP contribution is 2.33. The Bertz CT molecular complexity index is 915. The van der Waals surface area contributed by atoms with Gasteiger partial charge in [-0.1, -0.05) is 12.1 Å². The molecule has 3 aromatic rings. The normalized spacial score (nSPS) is 18.3. The fraction of sp³-hybridized carbons (Fsp3) is 0.316. The Balaban J connectivity index is 1.84. The van der Waals surface area contributed by atoms with Gasteiger partial charge in [-0.2, -0.15) is 0 Å². The molecule has 0 N–H and O–H groups in total. The Labute approximate surface area is 140 Å². The molecule has 1 atom stereocenters. The molecule has 0 radical (unpaired) electrons. The molecular weight excluding hydrogens is 300 g/mol. The van der Waals surface area contributed by atoms with Crippen molar-refractivity contribution in [3.05, 3.63) is 48.4 Å². The highest BCUT2D eigenvalue weighted by molar-refractivity contribution is 5.94. The van der Waals surface area contributed by atoms with Gasteiger partial charge in [-0.05, 0) is 31.0 Å². The van der Waals surface area contributed by atoms with Crippen LogP contribution in [0, 0.1) is 6.92 Å². The first-order valence-corrected chi connectivity index (χ1v) is 8.26. The third kappa shape index (κ3) is 2.37. The molecule has 1 aromatic carbocycles. The molecule has 122 valence electrons. The third-order valence-electron chi connectivity index (χ3n) is 4.88. The van der Waals surface area contributed by atoms with Gasteiger partial charge in [0.2, 0.25) is 5.91 Å². The van der Waals surface area contributed by atoms with Gasteiger partial charge in [0, 0.05) is 49.6 Å². The van der Waals surface area contributed by atoms with Crippen molar-refractivity contribution in [2.45, 2.75) is 25.8 Å². The van der Waals surface area contributed by atoms with Crippen molar-refractivity contribution < 1.29 is 4.79 Å². The van der Waals surface area contributed by atoms with Crippen LogP contribution < -0.4 is 0 Å². The number of carbonyl (C=O) groups is 1. The summed E-state index contributed by atoms with van der Waals surface area (Å²) in [5.74, 6) is 1.18. The number of carbonyl (C=O) groups excluding carboxylic acids is 1. The van der Waals surface area contributed by atoms with E-state index in [-0.39, 0.29) is 11.9 Å². The summed E-state index contributed by atoms with van der Waals surface area (Å²) in [6.07, 6.45) is 7.14. The van der Waals surface area contributed by atoms with Crippen molar-refractivity contribution in [3.63, 3.8) is 0 Å². The smallest absolute Gasteiger partial charge is 0.222 e. The number of hydrogen-bond donors (Lipinski definition) is 0. The van der Waals surface area contributed by atoms with Crippen LogP contribution in [0.1, 0.15) is 24.4 Å². The van der Waals surface area contributed by atoms with E-state index in [9.17, 15) is 4.79 Å². The Morgan fingerprint density at radius 1 is 1.17 bits per heavy atom. The Morgan fingerprint density at radius 3 is 2.88 bits per heavy atom. The van der Waals surface area contributed by atoms with Gasteiger partial charge >= 0.3 is 0 Å². The maximum atomic E-state index is 11.8. The van der Waals surface area contributed by atoms with Crippen molar-refractivity contribution in [3.8, 4) is 11.4 Å². The van der Waals surface area contributed by atoms with Crippen LogP contribution in [0.4, 0.5) is 0 Å². The summed E-state index contributed by atoms with van der Waals surface area (Å²) in [6, 6.07) is 8.47. The number of aryl methyl sites for hydroxylation is 1. The lowest BCUT2D eigenvalue weighted by Crippen LogP contribution is -2.37. The highest BCUT2D eigenvalue weighted by atomic mass is 16.2. The number of pyridine rings is 1. The molecule has 0 saturated carbocycles. The van der Waals surface area contributed by atoms with Gasteiger partial charge in [0.25, 0.3) is 0 Å². The first kappa shape index (κ1) is 14.9. The van der Waals surface area contributed by atoms with E-state index in [1.807, 2.05) is 36.6 Å². The SMILES string of the molecule is Cc1ccc2ncccc2c1-c1nccn1C1CCC(=O)N(C)C1. The number of hydrogen-bond acceptors (Lipinski definition) is 3. The van der Waals surface area contributed by atoms with Gasteiger partial charge < -0.3 is 9.47 Å². The number of amides is 1. The van der Waals surface area contributed by atoms with Crippen LogP contribution in [-0.2, 0) is 4.79 Å². The van der Waals surface area contributed by atoms with Crippen molar-refractivity contribution in [2.75, 3.05) is 13.6 Å². The summed E-state index contributed by atoms with van der Waals surface area (Å²) in [6.45, 7) is 2.83. The molecule has 0 bridgehead atoms. The molecule has 1 aliphatic rings. The number of benzene rings is 1. The van der Waals surface area contributed by atoms with E-state index in [1.165, 1.54) is 5.56 Å². The van der Waals surface area contributed by atoms with E-state index in [1.54, 1.807) is 0 Å². The lowest BCUT2D eigenvalue weighted by atomic mass is 10.0. The van der Waals surface area contributed by atoms with Gasteiger partial charge in [0.1, 0.15) is 5.82 Å². The zero-order valence-corrected chi connectivity index (χ0v) is 13.9. The predicted octanol–water partition coefficient (Wildman–Crippen LogP) is 3.20. The van der Waals surface area contributed by atoms with Gasteiger partial charge in [0.15, 0.2) is 0 Å². The Kier molecular flexibility index (Phi) is 3.56. The van der Waals surface area contributed by atoms with Crippen LogP contribution in [0.5, 0.6) is 0 Å². The van der Waals surface area contributed by atoms with Crippen LogP contribution in [0.15, 0.2) is 42.9 Å². The minimum atomic E-state index is 0.221. The molecule has 1 unspecified atom stereocenters. The van der Waals surface area contributed by atoms with E-state index < -0.39 is 0 Å². The quantitative estimate of drug-likeness (QED) is 0.728. The fourth-order valence-electron chi connectivity index (χ4n) is 3.58. The summed E-state index contributed by atoms with van der Waals surface area (Å²) < 4.78 is 2.22. The Morgan fingerprint density at radius 2 is 2.04 bits per heavy atom. The number of aromatic nitrogens is 3. The summed E-state index contributed by atoms with van der Waals surface area (Å²) >= 11 is 0. The van der Waals surface area contributed by atoms with Crippen LogP contribution in [-0.4, -0.2) is 38.9 Å². The minimum Gasteiger partial charge on any atom is -0.344 e. The highest BCUT2D eigenvalue weighted by Gasteiger charge is 2.26. The molecule has 0 spiro atoms. The summed E-state index contributed by atoms with van der Waals surface area (Å²) in [4.78, 5) is 22.7. The molecule has 1 amide bonds. The molecule has 5 nitrogen and oxygen atoms in total. The second-order valence-electron chi connectivity index (χ2n) is 6.45. The molecule has 1 saturated heterocycles. The number of rotatable bonds is 2. The number of piperidine rings is 1. The van der Waals surface area contributed by atoms with Gasteiger partial charge in [-0.3, -0.25) is 9.78 Å². The molecule has 4 rings (SSSR count). The van der Waals surface area contributed by atoms with Crippen LogP contribution >= 0.6 is 0 Å². The van der Waals surface area contributed by atoms with Crippen LogP contribution in [0.2, 0.25) is 0 Å². The molecule has 1 aliphatic heterocycles. The van der Waals surface area contributed by atoms with Gasteiger partial charge in [-0.15, -0.1) is 0 Å². The zero-order chi connectivity index (χ0) is 16.7. The topological polar surface area (TPSA) is 51.0 Å². The van der Waals surface area contributed by atoms with Crippen molar-refractivity contribution in [2.24, 2.45) is 0 Å². The summed E-state index contributed by atoms with van der Waals surface area (Å²) in [5, 5.41) is 1.12. The van der Waals surface area contributed by atoms with Crippen molar-refractivity contribution in [1.29, 1.82) is 0 Å². The van der Waals surface area contributed by atoms with E-state index in [2.05, 4.69) is 39.7 Å². The fourth-order valence-corrected chi connectivity index (χ4v) is 3.58. The van der Waals surface area contributed by atoms with Gasteiger partial charge in [-0.25, -0.2) is 4.98 Å². The van der Waals surface area contributed by atoms with Crippen LogP contribution in [0.25, 0.3) is 22.3 Å². The van der Waals surface area contributed by atoms with Crippen LogP contribution in [0.3, 0.4) is 0 Å². The second kappa shape index (κ2) is 5.74. The van der Waals surface area contributed by atoms with Gasteiger partial charge in [0.05, 0.1) is 11.6 Å². The van der Waals surface area contributed by atoms with E-state index in [4.69, 9.17) is 0 Å². The predicted molar refractivity (Wildman–Crippen MR) is 93.6 cm³/mol. The second-order valence-corrected chi connectivity index (χ2v) is 6.45. The number of imidazole rings is 1. The lowest BCUT2D eigenvalue weighted by molar-refractivity contribution is -0.132. The molecule has 24 heavy (non-hydrogen) atoms. The molecule has 2 aromatic heterocycles. The average molecular weight is 320 g/mol. The monoisotopic (exact) mass is 320 g/mol. The number of likely N-dealkylation sites (N-methyl/N-ethyl adjacent to an activating group) is 1. The number of fused-ring (bicyclic) bond motifs is 1. The first-order valence-electron chi connectivity index (χ1n) is 8.26. The lowest BCUT2D eigenvalue weighted by Gasteiger charge is -2.31. The molecule has 5 heteroatoms. The van der Waals surface area contributed by atoms with Crippen molar-refractivity contribution >= 4 is 16.8 Å². The van der Waals surface area contributed by atoms with E-state index >= 15 is 0 Å². The standard InChI is InChI=1S/C19H20N4O/c1-13-5-7-16-15(4-3-9-20-16)18(13)19-21-10-11-23(19)14-6-8-17(24)22(2)12-14/h3-5,7,9-11,14H,6,8,12H2,1-2H3. The molecule has 0 aliphatic carbocycles. The molecule has 3 heterocycles. The zero-order valence-electron chi connectivity index (χ0n) is 13.9. The maximum Gasteiger partial charge on any atom is 0.222 e. The van der Waals surface area contributed by atoms with E-state index in [0.717, 1.165) is 35.3 Å². The number of likely N-dealkylation sites (tertiary alicyclic amines) is 1. The summed E-state index contributed by atoms with van der Waals surface area (Å²) in [7, 11) is 1.87. The first-order chi connectivity index (χ1) is 11.6. The van der Waals surface area contributed by atoms with Crippen molar-refractivity contribution in [1.82, 2.24) is 19.4 Å². The Hall–Kier alpha value is -2.69. The maximum absolute atomic E-state index is 11.8. The third-order valence-corrected chi connectivity index (χ3v) is 4.88. The number of nitrogens with zero attached hydrogens (tertiary/aromatic N) is 4. The summed E-state index contributed by atoms with van der Waals surface area (Å²) in [5.41, 5.74) is 3.29. The molecule has 1 fully saturated rings. The largest absolute Gasteiger partial charge is 0.344 e. The average Bonchev–Trinajstić information content (AvgIpc) is 3.06. The van der Waals surface area contributed by atoms with E-state index in [0.29, 0.717) is 6.42 Å².